The van der Waals surface area contributed by atoms with Crippen LogP contribution < -0.4 is 5.32 Å². The molecule has 2 aromatic rings. The van der Waals surface area contributed by atoms with Gasteiger partial charge in [0.2, 0.25) is 5.89 Å². The number of nitrogens with zero attached hydrogens (tertiary/aromatic N) is 1. The number of nitrogens with one attached hydrogen (secondary N) is 1. The van der Waals surface area contributed by atoms with Crippen LogP contribution in [0.5, 0.6) is 0 Å². The summed E-state index contributed by atoms with van der Waals surface area (Å²) in [7, 11) is 0. The van der Waals surface area contributed by atoms with Gasteiger partial charge in [-0.1, -0.05) is 6.42 Å². The fourth-order valence-electron chi connectivity index (χ4n) is 4.61. The van der Waals surface area contributed by atoms with Crippen molar-refractivity contribution >= 4 is 5.91 Å². The van der Waals surface area contributed by atoms with E-state index in [2.05, 4.69) is 10.3 Å². The summed E-state index contributed by atoms with van der Waals surface area (Å²) in [5.41, 5.74) is -0.210. The predicted octanol–water partition coefficient (Wildman–Crippen LogP) is 4.91. The Labute approximate surface area is 155 Å². The zero-order chi connectivity index (χ0) is 19.2. The van der Waals surface area contributed by atoms with Gasteiger partial charge in [0.05, 0.1) is 5.56 Å². The van der Waals surface area contributed by atoms with Crippen molar-refractivity contribution in [3.63, 3.8) is 0 Å². The van der Waals surface area contributed by atoms with Crippen LogP contribution in [-0.2, 0) is 6.18 Å². The van der Waals surface area contributed by atoms with Crippen LogP contribution in [0.1, 0.15) is 48.7 Å². The van der Waals surface area contributed by atoms with Gasteiger partial charge in [0.1, 0.15) is 6.26 Å². The summed E-state index contributed by atoms with van der Waals surface area (Å²) >= 11 is 0. The molecular formula is C20H21F3N2O2. The van der Waals surface area contributed by atoms with Gasteiger partial charge in [0.15, 0.2) is 5.69 Å². The van der Waals surface area contributed by atoms with E-state index < -0.39 is 11.7 Å². The number of hydrogen-bond donors (Lipinski definition) is 1. The molecule has 2 saturated carbocycles. The molecule has 144 valence electrons. The lowest BCUT2D eigenvalue weighted by atomic mass is 9.84. The van der Waals surface area contributed by atoms with Crippen LogP contribution in [0.15, 0.2) is 34.9 Å². The van der Waals surface area contributed by atoms with Gasteiger partial charge in [0, 0.05) is 11.6 Å². The van der Waals surface area contributed by atoms with E-state index in [0.717, 1.165) is 18.1 Å². The van der Waals surface area contributed by atoms with E-state index in [1.165, 1.54) is 44.1 Å². The number of halogens is 3. The van der Waals surface area contributed by atoms with Crippen LogP contribution in [0.4, 0.5) is 13.2 Å². The Balaban J connectivity index is 1.42. The first-order chi connectivity index (χ1) is 12.8. The molecule has 1 amide bonds. The lowest BCUT2D eigenvalue weighted by Gasteiger charge is -2.28. The Morgan fingerprint density at radius 2 is 1.96 bits per heavy atom. The van der Waals surface area contributed by atoms with Crippen molar-refractivity contribution in [1.29, 1.82) is 0 Å². The Kier molecular flexibility index (Phi) is 4.48. The zero-order valence-corrected chi connectivity index (χ0v) is 14.9. The summed E-state index contributed by atoms with van der Waals surface area (Å²) in [4.78, 5) is 16.6. The second-order valence-corrected chi connectivity index (χ2v) is 7.71. The summed E-state index contributed by atoms with van der Waals surface area (Å²) in [6.45, 7) is 2.03. The summed E-state index contributed by atoms with van der Waals surface area (Å²) in [6.07, 6.45) is 1.85. The molecule has 27 heavy (non-hydrogen) atoms. The molecule has 4 nitrogen and oxygen atoms in total. The minimum absolute atomic E-state index is 0.0685. The third kappa shape index (κ3) is 3.59. The summed E-state index contributed by atoms with van der Waals surface area (Å²) in [5.74, 6) is 1.82. The van der Waals surface area contributed by atoms with Crippen LogP contribution in [0.25, 0.3) is 11.5 Å². The number of aromatic nitrogens is 1. The van der Waals surface area contributed by atoms with Crippen molar-refractivity contribution in [1.82, 2.24) is 10.3 Å². The highest BCUT2D eigenvalue weighted by Crippen LogP contribution is 2.49. The van der Waals surface area contributed by atoms with Gasteiger partial charge in [-0.05, 0) is 68.2 Å². The molecule has 2 fully saturated rings. The minimum Gasteiger partial charge on any atom is -0.444 e. The van der Waals surface area contributed by atoms with Gasteiger partial charge in [0.25, 0.3) is 5.91 Å². The summed E-state index contributed by atoms with van der Waals surface area (Å²) < 4.78 is 43.2. The highest BCUT2D eigenvalue weighted by molar-refractivity contribution is 5.92. The molecule has 7 heteroatoms. The SMILES string of the molecule is CC(NC(=O)c1coc(-c2ccc(C(F)(F)F)cc2)n1)C1CC2CCC1C2. The number of benzene rings is 1. The van der Waals surface area contributed by atoms with Crippen LogP contribution in [0, 0.1) is 17.8 Å². The van der Waals surface area contributed by atoms with E-state index in [1.807, 2.05) is 6.92 Å². The van der Waals surface area contributed by atoms with Crippen molar-refractivity contribution in [3.8, 4) is 11.5 Å². The molecule has 2 aliphatic rings. The Hall–Kier alpha value is -2.31. The van der Waals surface area contributed by atoms with Crippen molar-refractivity contribution in [2.75, 3.05) is 0 Å². The molecule has 1 heterocycles. The van der Waals surface area contributed by atoms with E-state index in [4.69, 9.17) is 4.42 Å². The van der Waals surface area contributed by atoms with Gasteiger partial charge >= 0.3 is 6.18 Å². The van der Waals surface area contributed by atoms with Gasteiger partial charge in [-0.3, -0.25) is 4.79 Å². The number of alkyl halides is 3. The van der Waals surface area contributed by atoms with Crippen LogP contribution >= 0.6 is 0 Å². The van der Waals surface area contributed by atoms with E-state index in [9.17, 15) is 18.0 Å². The number of hydrogen-bond acceptors (Lipinski definition) is 3. The molecule has 0 radical (unpaired) electrons. The maximum absolute atomic E-state index is 12.6. The van der Waals surface area contributed by atoms with E-state index >= 15 is 0 Å². The zero-order valence-electron chi connectivity index (χ0n) is 14.9. The smallest absolute Gasteiger partial charge is 0.416 e. The van der Waals surface area contributed by atoms with Gasteiger partial charge in [-0.2, -0.15) is 13.2 Å². The summed E-state index contributed by atoms with van der Waals surface area (Å²) in [5, 5.41) is 3.01. The first-order valence-electron chi connectivity index (χ1n) is 9.25. The molecule has 0 spiro atoms. The van der Waals surface area contributed by atoms with E-state index in [0.29, 0.717) is 17.4 Å². The Bertz CT molecular complexity index is 828. The topological polar surface area (TPSA) is 55.1 Å². The summed E-state index contributed by atoms with van der Waals surface area (Å²) in [6, 6.07) is 4.58. The number of oxazole rings is 1. The third-order valence-electron chi connectivity index (χ3n) is 5.99. The lowest BCUT2D eigenvalue weighted by Crippen LogP contribution is -2.40. The van der Waals surface area contributed by atoms with Crippen LogP contribution in [-0.4, -0.2) is 16.9 Å². The van der Waals surface area contributed by atoms with Crippen molar-refractivity contribution in [2.24, 2.45) is 17.8 Å². The van der Waals surface area contributed by atoms with Gasteiger partial charge < -0.3 is 9.73 Å². The van der Waals surface area contributed by atoms with E-state index in [-0.39, 0.29) is 23.5 Å². The molecule has 0 saturated heterocycles. The van der Waals surface area contributed by atoms with Crippen LogP contribution in [0.2, 0.25) is 0 Å². The minimum atomic E-state index is -4.39. The Morgan fingerprint density at radius 3 is 2.56 bits per heavy atom. The molecule has 4 unspecified atom stereocenters. The average molecular weight is 378 g/mol. The van der Waals surface area contributed by atoms with E-state index in [1.54, 1.807) is 0 Å². The number of fused-ring (bicyclic) bond motifs is 2. The fourth-order valence-corrected chi connectivity index (χ4v) is 4.61. The predicted molar refractivity (Wildman–Crippen MR) is 92.8 cm³/mol. The van der Waals surface area contributed by atoms with Crippen molar-refractivity contribution in [3.05, 3.63) is 41.8 Å². The lowest BCUT2D eigenvalue weighted by molar-refractivity contribution is -0.137. The number of carbonyl (C=O) groups is 1. The number of carbonyl (C=O) groups excluding carboxylic acids is 1. The second kappa shape index (κ2) is 6.69. The maximum atomic E-state index is 12.6. The Morgan fingerprint density at radius 1 is 1.22 bits per heavy atom. The molecule has 0 aliphatic heterocycles. The number of rotatable bonds is 4. The third-order valence-corrected chi connectivity index (χ3v) is 5.99. The quantitative estimate of drug-likeness (QED) is 0.822. The van der Waals surface area contributed by atoms with Gasteiger partial charge in [-0.25, -0.2) is 4.98 Å². The standard InChI is InChI=1S/C20H21F3N2O2/c1-11(16-9-12-2-3-14(16)8-12)24-18(26)17-10-27-19(25-17)13-4-6-15(7-5-13)20(21,22)23/h4-7,10-12,14,16H,2-3,8-9H2,1H3,(H,24,26). The first-order valence-corrected chi connectivity index (χ1v) is 9.25. The highest BCUT2D eigenvalue weighted by Gasteiger charge is 2.42. The largest absolute Gasteiger partial charge is 0.444 e. The number of amides is 1. The molecule has 1 aromatic carbocycles. The second-order valence-electron chi connectivity index (χ2n) is 7.71. The molecular weight excluding hydrogens is 357 g/mol. The molecule has 2 bridgehead atoms. The van der Waals surface area contributed by atoms with Crippen LogP contribution in [0.3, 0.4) is 0 Å². The monoisotopic (exact) mass is 378 g/mol. The van der Waals surface area contributed by atoms with Crippen molar-refractivity contribution in [2.45, 2.75) is 44.8 Å². The normalized spacial score (nSPS) is 25.6. The molecule has 1 aromatic heterocycles. The molecule has 4 rings (SSSR count). The fraction of sp³-hybridized carbons (Fsp3) is 0.500. The maximum Gasteiger partial charge on any atom is 0.416 e. The van der Waals surface area contributed by atoms with Crippen molar-refractivity contribution < 1.29 is 22.4 Å². The average Bonchev–Trinajstić information content (AvgIpc) is 3.37. The first kappa shape index (κ1) is 18.1. The molecule has 4 atom stereocenters. The molecule has 1 N–H and O–H groups in total. The van der Waals surface area contributed by atoms with Gasteiger partial charge in [-0.15, -0.1) is 0 Å². The molecule has 2 aliphatic carbocycles. The highest BCUT2D eigenvalue weighted by atomic mass is 19.4.